The number of hydrogen-bond acceptors (Lipinski definition) is 7. The van der Waals surface area contributed by atoms with Gasteiger partial charge in [0.1, 0.15) is 5.01 Å². The van der Waals surface area contributed by atoms with Crippen molar-refractivity contribution in [3.05, 3.63) is 65.2 Å². The van der Waals surface area contributed by atoms with Crippen LogP contribution in [-0.4, -0.2) is 40.8 Å². The minimum absolute atomic E-state index is 0.264. The Morgan fingerprint density at radius 3 is 2.67 bits per heavy atom. The molecule has 158 valence electrons. The molecule has 0 radical (unpaired) electrons. The molecule has 8 nitrogen and oxygen atoms in total. The van der Waals surface area contributed by atoms with Crippen molar-refractivity contribution in [2.45, 2.75) is 6.54 Å². The quantitative estimate of drug-likeness (QED) is 0.405. The highest BCUT2D eigenvalue weighted by Gasteiger charge is 2.16. The molecule has 0 aliphatic carbocycles. The van der Waals surface area contributed by atoms with Crippen molar-refractivity contribution in [1.29, 1.82) is 0 Å². The molecule has 0 spiro atoms. The second kappa shape index (κ2) is 9.81. The molecule has 30 heavy (non-hydrogen) atoms. The van der Waals surface area contributed by atoms with Crippen LogP contribution in [0.15, 0.2) is 54.0 Å². The van der Waals surface area contributed by atoms with Gasteiger partial charge < -0.3 is 10.2 Å². The van der Waals surface area contributed by atoms with E-state index in [0.29, 0.717) is 17.8 Å². The van der Waals surface area contributed by atoms with E-state index in [1.807, 2.05) is 48.6 Å². The molecule has 0 fully saturated rings. The van der Waals surface area contributed by atoms with E-state index in [2.05, 4.69) is 10.3 Å². The van der Waals surface area contributed by atoms with Crippen molar-refractivity contribution in [1.82, 2.24) is 10.3 Å². The molecule has 1 heterocycles. The van der Waals surface area contributed by atoms with Gasteiger partial charge in [0.2, 0.25) is 0 Å². The average Bonchev–Trinajstić information content (AvgIpc) is 3.26. The lowest BCUT2D eigenvalue weighted by molar-refractivity contribution is 0.0951. The van der Waals surface area contributed by atoms with Gasteiger partial charge in [-0.05, 0) is 29.8 Å². The summed E-state index contributed by atoms with van der Waals surface area (Å²) in [7, 11) is 5.16. The summed E-state index contributed by atoms with van der Waals surface area (Å²) in [5, 5.41) is 6.92. The minimum Gasteiger partial charge on any atom is -0.376 e. The van der Waals surface area contributed by atoms with Gasteiger partial charge in [-0.1, -0.05) is 18.2 Å². The van der Waals surface area contributed by atoms with Crippen molar-refractivity contribution in [2.75, 3.05) is 31.1 Å². The zero-order chi connectivity index (χ0) is 21.7. The van der Waals surface area contributed by atoms with Gasteiger partial charge in [0.15, 0.2) is 0 Å². The molecule has 2 aromatic carbocycles. The number of carbonyl (C=O) groups is 1. The molecule has 0 bridgehead atoms. The maximum absolute atomic E-state index is 12.7. The van der Waals surface area contributed by atoms with Crippen molar-refractivity contribution in [3.8, 4) is 10.6 Å². The average molecular weight is 447 g/mol. The third-order valence-corrected chi connectivity index (χ3v) is 5.47. The molecule has 3 aromatic rings. The summed E-state index contributed by atoms with van der Waals surface area (Å²) in [6.45, 7) is 0.357. The predicted octanol–water partition coefficient (Wildman–Crippen LogP) is 3.31. The largest absolute Gasteiger partial charge is 0.376 e. The van der Waals surface area contributed by atoms with Gasteiger partial charge in [-0.25, -0.2) is 10.0 Å². The number of aromatic nitrogens is 1. The molecule has 2 N–H and O–H groups in total. The molecule has 1 unspecified atom stereocenters. The van der Waals surface area contributed by atoms with Gasteiger partial charge >= 0.3 is 11.4 Å². The van der Waals surface area contributed by atoms with E-state index < -0.39 is 11.4 Å². The maximum atomic E-state index is 12.7. The monoisotopic (exact) mass is 446 g/mol. The summed E-state index contributed by atoms with van der Waals surface area (Å²) in [6.07, 6.45) is 1.76. The van der Waals surface area contributed by atoms with E-state index in [-0.39, 0.29) is 5.91 Å². The first-order valence-electron chi connectivity index (χ1n) is 8.96. The Kier molecular flexibility index (Phi) is 7.16. The number of hydrogen-bond donors (Lipinski definition) is 2. The lowest BCUT2D eigenvalue weighted by Gasteiger charge is -2.24. The van der Waals surface area contributed by atoms with Crippen molar-refractivity contribution in [2.24, 2.45) is 0 Å². The fourth-order valence-corrected chi connectivity index (χ4v) is 3.80. The number of anilines is 2. The van der Waals surface area contributed by atoms with Crippen LogP contribution in [0.2, 0.25) is 0 Å². The molecule has 1 atom stereocenters. The number of hydroxylamine groups is 1. The molecule has 3 rings (SSSR count). The van der Waals surface area contributed by atoms with Crippen LogP contribution in [0.1, 0.15) is 15.9 Å². The van der Waals surface area contributed by atoms with E-state index in [0.717, 1.165) is 21.8 Å². The highest BCUT2D eigenvalue weighted by Crippen LogP contribution is 2.29. The topological polar surface area (TPSA) is 95.0 Å². The molecule has 10 heteroatoms. The summed E-state index contributed by atoms with van der Waals surface area (Å²) >= 11 is -0.916. The normalized spacial score (nSPS) is 11.7. The molecule has 0 saturated heterocycles. The van der Waals surface area contributed by atoms with E-state index >= 15 is 0 Å². The Morgan fingerprint density at radius 1 is 1.20 bits per heavy atom. The van der Waals surface area contributed by atoms with Gasteiger partial charge in [0.25, 0.3) is 5.91 Å². The van der Waals surface area contributed by atoms with E-state index in [4.69, 9.17) is 8.84 Å². The van der Waals surface area contributed by atoms with Gasteiger partial charge in [0, 0.05) is 50.4 Å². The lowest BCUT2D eigenvalue weighted by Crippen LogP contribution is -2.25. The van der Waals surface area contributed by atoms with E-state index in [1.54, 1.807) is 35.7 Å². The maximum Gasteiger partial charge on any atom is 0.325 e. The highest BCUT2D eigenvalue weighted by atomic mass is 32.2. The first-order valence-corrected chi connectivity index (χ1v) is 10.9. The second-order valence-electron chi connectivity index (χ2n) is 6.61. The lowest BCUT2D eigenvalue weighted by atomic mass is 10.1. The molecule has 0 saturated carbocycles. The SMILES string of the molecule is CN(C)c1ccc(C(=O)NCc2cccc(-c3nccs3)c2)cc1N(C)OS(=O)O. The van der Waals surface area contributed by atoms with Crippen molar-refractivity contribution >= 4 is 40.0 Å². The van der Waals surface area contributed by atoms with Crippen LogP contribution in [0.25, 0.3) is 10.6 Å². The Balaban J connectivity index is 1.75. The van der Waals surface area contributed by atoms with Crippen LogP contribution >= 0.6 is 11.3 Å². The number of nitrogens with one attached hydrogen (secondary N) is 1. The van der Waals surface area contributed by atoms with Crippen LogP contribution in [-0.2, 0) is 22.2 Å². The minimum atomic E-state index is -2.48. The smallest absolute Gasteiger partial charge is 0.325 e. The molecule has 0 aliphatic heterocycles. The number of nitrogens with zero attached hydrogens (tertiary/aromatic N) is 3. The third-order valence-electron chi connectivity index (χ3n) is 4.29. The predicted molar refractivity (Wildman–Crippen MR) is 120 cm³/mol. The zero-order valence-corrected chi connectivity index (χ0v) is 18.4. The van der Waals surface area contributed by atoms with E-state index in [1.165, 1.54) is 12.1 Å². The Labute approximate surface area is 181 Å². The van der Waals surface area contributed by atoms with Crippen molar-refractivity contribution in [3.63, 3.8) is 0 Å². The highest BCUT2D eigenvalue weighted by molar-refractivity contribution is 7.74. The van der Waals surface area contributed by atoms with Crippen LogP contribution < -0.4 is 15.3 Å². The summed E-state index contributed by atoms with van der Waals surface area (Å²) in [5.41, 5.74) is 3.59. The molecule has 0 aliphatic rings. The zero-order valence-electron chi connectivity index (χ0n) is 16.7. The molecule has 1 aromatic heterocycles. The summed E-state index contributed by atoms with van der Waals surface area (Å²) < 4.78 is 24.8. The first kappa shape index (κ1) is 21.9. The fraction of sp³-hybridized carbons (Fsp3) is 0.200. The van der Waals surface area contributed by atoms with Gasteiger partial charge in [-0.3, -0.25) is 9.35 Å². The van der Waals surface area contributed by atoms with Gasteiger partial charge in [0.05, 0.1) is 11.4 Å². The number of rotatable bonds is 8. The van der Waals surface area contributed by atoms with Crippen molar-refractivity contribution < 1.29 is 17.8 Å². The van der Waals surface area contributed by atoms with Crippen LogP contribution in [0, 0.1) is 0 Å². The number of amides is 1. The van der Waals surface area contributed by atoms with Gasteiger partial charge in [-0.2, -0.15) is 4.21 Å². The van der Waals surface area contributed by atoms with Crippen LogP contribution in [0.3, 0.4) is 0 Å². The van der Waals surface area contributed by atoms with Crippen LogP contribution in [0.5, 0.6) is 0 Å². The number of thiazole rings is 1. The number of carbonyl (C=O) groups excluding carboxylic acids is 1. The Hall–Kier alpha value is -2.79. The third kappa shape index (κ3) is 5.42. The Morgan fingerprint density at radius 2 is 2.00 bits per heavy atom. The molecular formula is C20H22N4O4S2. The van der Waals surface area contributed by atoms with Gasteiger partial charge in [-0.15, -0.1) is 15.6 Å². The molecular weight excluding hydrogens is 424 g/mol. The summed E-state index contributed by atoms with van der Waals surface area (Å²) in [4.78, 5) is 18.8. The second-order valence-corrected chi connectivity index (χ2v) is 8.09. The standard InChI is InChI=1S/C20H22N4O4S2/c1-23(2)17-8-7-15(12-18(17)24(3)28-30(26)27)19(25)22-13-14-5-4-6-16(11-14)20-21-9-10-29-20/h4-12H,13H2,1-3H3,(H,22,25)(H,26,27). The summed E-state index contributed by atoms with van der Waals surface area (Å²) in [5.74, 6) is -0.264. The Bertz CT molecular complexity index is 1040. The van der Waals surface area contributed by atoms with Crippen LogP contribution in [0.4, 0.5) is 11.4 Å². The summed E-state index contributed by atoms with van der Waals surface area (Å²) in [6, 6.07) is 12.9. The van der Waals surface area contributed by atoms with E-state index in [9.17, 15) is 9.00 Å². The molecule has 1 amide bonds. The fourth-order valence-electron chi connectivity index (χ4n) is 2.90. The first-order chi connectivity index (χ1) is 14.3. The number of benzene rings is 2.